The van der Waals surface area contributed by atoms with E-state index in [1.807, 2.05) is 0 Å². The summed E-state index contributed by atoms with van der Waals surface area (Å²) in [6.45, 7) is 3.58. The summed E-state index contributed by atoms with van der Waals surface area (Å²) < 4.78 is 10.6. The van der Waals surface area contributed by atoms with Crippen molar-refractivity contribution in [2.24, 2.45) is 0 Å². The Bertz CT molecular complexity index is 1030. The molecule has 2 N–H and O–H groups in total. The minimum absolute atomic E-state index is 0.0519. The smallest absolute Gasteiger partial charge is 0.313 e. The average Bonchev–Trinajstić information content (AvgIpc) is 3.55. The highest BCUT2D eigenvalue weighted by atomic mass is 16.7. The maximum Gasteiger partial charge on any atom is 0.313 e. The van der Waals surface area contributed by atoms with Gasteiger partial charge in [0.1, 0.15) is 0 Å². The molecule has 0 unspecified atom stereocenters. The molecule has 8 heteroatoms. The molecule has 2 aromatic rings. The van der Waals surface area contributed by atoms with Crippen molar-refractivity contribution in [2.75, 3.05) is 50.2 Å². The molecule has 168 valence electrons. The van der Waals surface area contributed by atoms with Crippen molar-refractivity contribution in [3.8, 4) is 11.5 Å². The van der Waals surface area contributed by atoms with E-state index >= 15 is 0 Å². The average molecular weight is 437 g/mol. The lowest BCUT2D eigenvalue weighted by atomic mass is 10.0. The molecule has 0 bridgehead atoms. The lowest BCUT2D eigenvalue weighted by Gasteiger charge is -2.28. The van der Waals surface area contributed by atoms with Crippen LogP contribution in [-0.4, -0.2) is 56.7 Å². The molecule has 32 heavy (non-hydrogen) atoms. The predicted octanol–water partition coefficient (Wildman–Crippen LogP) is 2.30. The van der Waals surface area contributed by atoms with Gasteiger partial charge in [-0.1, -0.05) is 12.1 Å². The van der Waals surface area contributed by atoms with Crippen LogP contribution in [0.3, 0.4) is 0 Å². The highest BCUT2D eigenvalue weighted by Gasteiger charge is 2.27. The van der Waals surface area contributed by atoms with Gasteiger partial charge in [-0.25, -0.2) is 0 Å². The number of fused-ring (bicyclic) bond motifs is 2. The maximum atomic E-state index is 12.6. The zero-order chi connectivity index (χ0) is 22.1. The summed E-state index contributed by atoms with van der Waals surface area (Å²) in [5.74, 6) is -0.159. The van der Waals surface area contributed by atoms with Crippen LogP contribution in [-0.2, 0) is 16.0 Å². The van der Waals surface area contributed by atoms with E-state index in [-0.39, 0.29) is 12.8 Å². The van der Waals surface area contributed by atoms with Crippen molar-refractivity contribution in [1.82, 2.24) is 10.2 Å². The van der Waals surface area contributed by atoms with Gasteiger partial charge in [0.25, 0.3) is 0 Å². The molecule has 8 nitrogen and oxygen atoms in total. The number of likely N-dealkylation sites (N-methyl/N-ethyl adjacent to an activating group) is 1. The molecule has 1 atom stereocenters. The van der Waals surface area contributed by atoms with Crippen molar-refractivity contribution < 1.29 is 19.1 Å². The first kappa shape index (κ1) is 20.6. The topological polar surface area (TPSA) is 83.1 Å². The SMILES string of the molecule is CN1CCc2cc([C@H](CNC(=O)C(=O)Nc3ccc4c(c3)OCO4)N3CCCC3)ccc21. The number of benzene rings is 2. The van der Waals surface area contributed by atoms with Crippen LogP contribution in [0.1, 0.15) is 30.0 Å². The number of carbonyl (C=O) groups excluding carboxylic acids is 2. The number of hydrogen-bond donors (Lipinski definition) is 2. The van der Waals surface area contributed by atoms with E-state index < -0.39 is 11.8 Å². The second-order valence-electron chi connectivity index (χ2n) is 8.55. The van der Waals surface area contributed by atoms with Crippen molar-refractivity contribution in [1.29, 1.82) is 0 Å². The Morgan fingerprint density at radius 1 is 1.00 bits per heavy atom. The normalized spacial score (nSPS) is 17.8. The van der Waals surface area contributed by atoms with Crippen LogP contribution in [0.15, 0.2) is 36.4 Å². The summed E-state index contributed by atoms with van der Waals surface area (Å²) in [7, 11) is 2.11. The van der Waals surface area contributed by atoms with E-state index in [2.05, 4.69) is 45.7 Å². The van der Waals surface area contributed by atoms with E-state index in [4.69, 9.17) is 9.47 Å². The Morgan fingerprint density at radius 2 is 1.81 bits per heavy atom. The van der Waals surface area contributed by atoms with Gasteiger partial charge in [0.2, 0.25) is 6.79 Å². The Morgan fingerprint density at radius 3 is 2.66 bits per heavy atom. The largest absolute Gasteiger partial charge is 0.454 e. The number of ether oxygens (including phenoxy) is 2. The predicted molar refractivity (Wildman–Crippen MR) is 121 cm³/mol. The molecule has 0 saturated carbocycles. The molecule has 0 spiro atoms. The van der Waals surface area contributed by atoms with Gasteiger partial charge in [0.05, 0.1) is 6.04 Å². The third-order valence-corrected chi connectivity index (χ3v) is 6.49. The minimum atomic E-state index is -0.695. The third-order valence-electron chi connectivity index (χ3n) is 6.49. The molecule has 1 fully saturated rings. The minimum Gasteiger partial charge on any atom is -0.454 e. The van der Waals surface area contributed by atoms with Crippen LogP contribution in [0.5, 0.6) is 11.5 Å². The van der Waals surface area contributed by atoms with Crippen LogP contribution < -0.4 is 25.0 Å². The molecule has 0 aliphatic carbocycles. The molecule has 1 saturated heterocycles. The number of hydrogen-bond acceptors (Lipinski definition) is 6. The number of amides is 2. The van der Waals surface area contributed by atoms with E-state index in [0.29, 0.717) is 23.7 Å². The molecule has 2 aromatic carbocycles. The molecule has 3 aliphatic rings. The van der Waals surface area contributed by atoms with E-state index in [1.165, 1.54) is 16.8 Å². The zero-order valence-electron chi connectivity index (χ0n) is 18.2. The van der Waals surface area contributed by atoms with E-state index in [1.54, 1.807) is 18.2 Å². The summed E-state index contributed by atoms with van der Waals surface area (Å²) in [5.41, 5.74) is 4.31. The second kappa shape index (κ2) is 8.70. The standard InChI is InChI=1S/C24H28N4O4/c1-27-11-8-17-12-16(4-6-19(17)27)20(28-9-2-3-10-28)14-25-23(29)24(30)26-18-5-7-21-22(13-18)32-15-31-21/h4-7,12-13,20H,2-3,8-11,14-15H2,1H3,(H,25,29)(H,26,30)/t20-/m0/s1. The first-order valence-corrected chi connectivity index (χ1v) is 11.2. The van der Waals surface area contributed by atoms with Gasteiger partial charge in [-0.3, -0.25) is 14.5 Å². The fourth-order valence-corrected chi connectivity index (χ4v) is 4.74. The Kier molecular flexibility index (Phi) is 5.61. The number of rotatable bonds is 5. The summed E-state index contributed by atoms with van der Waals surface area (Å²) in [6.07, 6.45) is 3.35. The maximum absolute atomic E-state index is 12.6. The lowest BCUT2D eigenvalue weighted by molar-refractivity contribution is -0.136. The van der Waals surface area contributed by atoms with Gasteiger partial charge in [-0.2, -0.15) is 0 Å². The lowest BCUT2D eigenvalue weighted by Crippen LogP contribution is -2.41. The summed E-state index contributed by atoms with van der Waals surface area (Å²) in [6, 6.07) is 11.7. The number of likely N-dealkylation sites (tertiary alicyclic amines) is 1. The fourth-order valence-electron chi connectivity index (χ4n) is 4.74. The number of anilines is 2. The fraction of sp³-hybridized carbons (Fsp3) is 0.417. The summed E-state index contributed by atoms with van der Waals surface area (Å²) in [5, 5.41) is 5.49. The Labute approximate surface area is 187 Å². The van der Waals surface area contributed by atoms with Crippen molar-refractivity contribution in [3.05, 3.63) is 47.5 Å². The van der Waals surface area contributed by atoms with Gasteiger partial charge < -0.3 is 25.0 Å². The van der Waals surface area contributed by atoms with Crippen molar-refractivity contribution in [2.45, 2.75) is 25.3 Å². The van der Waals surface area contributed by atoms with Crippen molar-refractivity contribution in [3.63, 3.8) is 0 Å². The molecule has 0 radical (unpaired) electrons. The molecule has 5 rings (SSSR count). The summed E-state index contributed by atoms with van der Waals surface area (Å²) >= 11 is 0. The quantitative estimate of drug-likeness (QED) is 0.700. The van der Waals surface area contributed by atoms with Gasteiger partial charge in [0, 0.05) is 37.6 Å². The number of nitrogens with zero attached hydrogens (tertiary/aromatic N) is 2. The monoisotopic (exact) mass is 436 g/mol. The van der Waals surface area contributed by atoms with Crippen LogP contribution in [0.2, 0.25) is 0 Å². The van der Waals surface area contributed by atoms with Crippen LogP contribution in [0.4, 0.5) is 11.4 Å². The first-order valence-electron chi connectivity index (χ1n) is 11.2. The zero-order valence-corrected chi connectivity index (χ0v) is 18.2. The Hall–Kier alpha value is -3.26. The second-order valence-corrected chi connectivity index (χ2v) is 8.55. The van der Waals surface area contributed by atoms with Crippen LogP contribution in [0, 0.1) is 0 Å². The van der Waals surface area contributed by atoms with Gasteiger partial charge >= 0.3 is 11.8 Å². The highest BCUT2D eigenvalue weighted by Crippen LogP contribution is 2.34. The first-order chi connectivity index (χ1) is 15.6. The third kappa shape index (κ3) is 4.10. The number of carbonyl (C=O) groups is 2. The van der Waals surface area contributed by atoms with Gasteiger partial charge in [0.15, 0.2) is 11.5 Å². The van der Waals surface area contributed by atoms with Crippen molar-refractivity contribution >= 4 is 23.2 Å². The highest BCUT2D eigenvalue weighted by molar-refractivity contribution is 6.39. The molecular formula is C24H28N4O4. The summed E-state index contributed by atoms with van der Waals surface area (Å²) in [4.78, 5) is 29.7. The molecular weight excluding hydrogens is 408 g/mol. The van der Waals surface area contributed by atoms with Crippen LogP contribution >= 0.6 is 0 Å². The van der Waals surface area contributed by atoms with Gasteiger partial charge in [-0.15, -0.1) is 0 Å². The molecule has 0 aromatic heterocycles. The number of nitrogens with one attached hydrogen (secondary N) is 2. The molecule has 3 aliphatic heterocycles. The molecule has 3 heterocycles. The molecule has 2 amide bonds. The Balaban J connectivity index is 1.25. The van der Waals surface area contributed by atoms with Gasteiger partial charge in [-0.05, 0) is 61.7 Å². The van der Waals surface area contributed by atoms with Crippen LogP contribution in [0.25, 0.3) is 0 Å². The van der Waals surface area contributed by atoms with E-state index in [9.17, 15) is 9.59 Å². The van der Waals surface area contributed by atoms with E-state index in [0.717, 1.165) is 38.9 Å².